The Kier molecular flexibility index (Phi) is 1.39. The van der Waals surface area contributed by atoms with Crippen LogP contribution in [0.3, 0.4) is 0 Å². The lowest BCUT2D eigenvalue weighted by atomic mass is 10.3. The first-order chi connectivity index (χ1) is 5.27. The molecule has 0 aliphatic carbocycles. The third-order valence-corrected chi connectivity index (χ3v) is 1.77. The normalized spacial score (nSPS) is 28.5. The Morgan fingerprint density at radius 3 is 2.36 bits per heavy atom. The molecular weight excluding hydrogens is 140 g/mol. The average Bonchev–Trinajstić information content (AvgIpc) is 2.69. The minimum atomic E-state index is 0.149. The summed E-state index contributed by atoms with van der Waals surface area (Å²) in [4.78, 5) is 8.31. The highest BCUT2D eigenvalue weighted by atomic mass is 16.6. The molecular formula is C8H10N2O. The fraction of sp³-hybridized carbons (Fsp3) is 0.500. The van der Waals surface area contributed by atoms with Crippen molar-refractivity contribution in [3.05, 3.63) is 23.8 Å². The lowest BCUT2D eigenvalue weighted by Crippen LogP contribution is -1.93. The molecule has 11 heavy (non-hydrogen) atoms. The van der Waals surface area contributed by atoms with E-state index in [0.29, 0.717) is 6.10 Å². The van der Waals surface area contributed by atoms with Gasteiger partial charge in [0.2, 0.25) is 0 Å². The number of aromatic nitrogens is 2. The summed E-state index contributed by atoms with van der Waals surface area (Å²) >= 11 is 0. The van der Waals surface area contributed by atoms with E-state index in [1.54, 1.807) is 0 Å². The smallest absolute Gasteiger partial charge is 0.159 e. The second-order valence-corrected chi connectivity index (χ2v) is 2.88. The lowest BCUT2D eigenvalue weighted by molar-refractivity contribution is 0.376. The number of epoxide rings is 1. The van der Waals surface area contributed by atoms with Crippen molar-refractivity contribution in [2.45, 2.75) is 26.1 Å². The number of ether oxygens (including phenoxy) is 1. The minimum Gasteiger partial charge on any atom is -0.361 e. The molecule has 1 aliphatic heterocycles. The van der Waals surface area contributed by atoms with Gasteiger partial charge in [0.05, 0.1) is 6.10 Å². The van der Waals surface area contributed by atoms with E-state index in [1.807, 2.05) is 26.2 Å². The van der Waals surface area contributed by atoms with E-state index in [0.717, 1.165) is 11.4 Å². The molecule has 1 fully saturated rings. The van der Waals surface area contributed by atoms with Gasteiger partial charge in [0.25, 0.3) is 0 Å². The van der Waals surface area contributed by atoms with Gasteiger partial charge in [-0.2, -0.15) is 0 Å². The summed E-state index contributed by atoms with van der Waals surface area (Å²) < 4.78 is 5.22. The van der Waals surface area contributed by atoms with Crippen LogP contribution in [-0.4, -0.2) is 16.1 Å². The first kappa shape index (κ1) is 6.73. The van der Waals surface area contributed by atoms with Gasteiger partial charge < -0.3 is 4.74 Å². The maximum atomic E-state index is 5.22. The molecule has 1 aromatic heterocycles. The maximum absolute atomic E-state index is 5.22. The van der Waals surface area contributed by atoms with Gasteiger partial charge in [0.1, 0.15) is 6.10 Å². The largest absolute Gasteiger partial charge is 0.361 e. The minimum absolute atomic E-state index is 0.149. The van der Waals surface area contributed by atoms with E-state index in [-0.39, 0.29) is 6.10 Å². The first-order valence-electron chi connectivity index (χ1n) is 3.71. The quantitative estimate of drug-likeness (QED) is 0.565. The Bertz CT molecular complexity index is 257. The van der Waals surface area contributed by atoms with Crippen LogP contribution in [0.1, 0.15) is 24.4 Å². The van der Waals surface area contributed by atoms with E-state index in [2.05, 4.69) is 9.97 Å². The SMILES string of the molecule is Cc1cnc([C@H]2O[C@@H]2C)nc1. The fourth-order valence-electron chi connectivity index (χ4n) is 1.01. The highest BCUT2D eigenvalue weighted by Crippen LogP contribution is 2.35. The Labute approximate surface area is 65.4 Å². The van der Waals surface area contributed by atoms with Crippen LogP contribution in [0.4, 0.5) is 0 Å². The van der Waals surface area contributed by atoms with Crippen molar-refractivity contribution in [3.8, 4) is 0 Å². The predicted molar refractivity (Wildman–Crippen MR) is 40.1 cm³/mol. The van der Waals surface area contributed by atoms with Gasteiger partial charge in [0, 0.05) is 12.4 Å². The summed E-state index contributed by atoms with van der Waals surface area (Å²) in [7, 11) is 0. The van der Waals surface area contributed by atoms with Crippen molar-refractivity contribution in [2.24, 2.45) is 0 Å². The van der Waals surface area contributed by atoms with Gasteiger partial charge in [0.15, 0.2) is 5.82 Å². The molecule has 0 amide bonds. The summed E-state index contributed by atoms with van der Waals surface area (Å²) in [6, 6.07) is 0. The zero-order valence-corrected chi connectivity index (χ0v) is 6.61. The van der Waals surface area contributed by atoms with Crippen molar-refractivity contribution in [3.63, 3.8) is 0 Å². The lowest BCUT2D eigenvalue weighted by Gasteiger charge is -1.93. The second-order valence-electron chi connectivity index (χ2n) is 2.88. The summed E-state index contributed by atoms with van der Waals surface area (Å²) in [5, 5.41) is 0. The second kappa shape index (κ2) is 2.27. The molecule has 0 saturated carbocycles. The summed E-state index contributed by atoms with van der Waals surface area (Å²) in [6.07, 6.45) is 4.08. The zero-order chi connectivity index (χ0) is 7.84. The van der Waals surface area contributed by atoms with Gasteiger partial charge in [-0.1, -0.05) is 0 Å². The number of hydrogen-bond donors (Lipinski definition) is 0. The fourth-order valence-corrected chi connectivity index (χ4v) is 1.01. The van der Waals surface area contributed by atoms with Crippen molar-refractivity contribution >= 4 is 0 Å². The zero-order valence-electron chi connectivity index (χ0n) is 6.61. The molecule has 2 rings (SSSR count). The number of aryl methyl sites for hydroxylation is 1. The van der Waals surface area contributed by atoms with Crippen molar-refractivity contribution in [2.75, 3.05) is 0 Å². The Morgan fingerprint density at radius 1 is 1.36 bits per heavy atom. The van der Waals surface area contributed by atoms with Crippen LogP contribution in [0, 0.1) is 6.92 Å². The van der Waals surface area contributed by atoms with E-state index >= 15 is 0 Å². The van der Waals surface area contributed by atoms with Crippen LogP contribution < -0.4 is 0 Å². The van der Waals surface area contributed by atoms with Gasteiger partial charge in [-0.25, -0.2) is 9.97 Å². The van der Waals surface area contributed by atoms with E-state index < -0.39 is 0 Å². The van der Waals surface area contributed by atoms with E-state index in [9.17, 15) is 0 Å². The van der Waals surface area contributed by atoms with Crippen LogP contribution in [-0.2, 0) is 4.74 Å². The summed E-state index contributed by atoms with van der Waals surface area (Å²) in [6.45, 7) is 3.99. The van der Waals surface area contributed by atoms with Gasteiger partial charge in [-0.3, -0.25) is 0 Å². The number of rotatable bonds is 1. The number of nitrogens with zero attached hydrogens (tertiary/aromatic N) is 2. The van der Waals surface area contributed by atoms with Crippen LogP contribution in [0.25, 0.3) is 0 Å². The van der Waals surface area contributed by atoms with Crippen molar-refractivity contribution in [1.82, 2.24) is 9.97 Å². The standard InChI is InChI=1S/C8H10N2O/c1-5-3-9-8(10-4-5)7-6(2)11-7/h3-4,6-7H,1-2H3/t6-,7+/m1/s1. The topological polar surface area (TPSA) is 38.3 Å². The van der Waals surface area contributed by atoms with Gasteiger partial charge >= 0.3 is 0 Å². The maximum Gasteiger partial charge on any atom is 0.159 e. The molecule has 2 atom stereocenters. The predicted octanol–water partition coefficient (Wildman–Crippen LogP) is 1.24. The molecule has 1 saturated heterocycles. The monoisotopic (exact) mass is 150 g/mol. The molecule has 3 heteroatoms. The van der Waals surface area contributed by atoms with Gasteiger partial charge in [-0.15, -0.1) is 0 Å². The highest BCUT2D eigenvalue weighted by Gasteiger charge is 2.38. The molecule has 0 aromatic carbocycles. The third-order valence-electron chi connectivity index (χ3n) is 1.77. The molecule has 1 aliphatic rings. The summed E-state index contributed by atoms with van der Waals surface area (Å²) in [5.41, 5.74) is 1.09. The van der Waals surface area contributed by atoms with Crippen LogP contribution in [0.2, 0.25) is 0 Å². The Hall–Kier alpha value is -0.960. The molecule has 58 valence electrons. The molecule has 1 aromatic rings. The van der Waals surface area contributed by atoms with E-state index in [1.165, 1.54) is 0 Å². The molecule has 3 nitrogen and oxygen atoms in total. The average molecular weight is 150 g/mol. The number of hydrogen-bond acceptors (Lipinski definition) is 3. The Balaban J connectivity index is 2.21. The highest BCUT2D eigenvalue weighted by molar-refractivity contribution is 5.07. The van der Waals surface area contributed by atoms with Crippen molar-refractivity contribution < 1.29 is 4.74 Å². The summed E-state index contributed by atoms with van der Waals surface area (Å²) in [5.74, 6) is 0.808. The molecule has 2 heterocycles. The Morgan fingerprint density at radius 2 is 1.91 bits per heavy atom. The van der Waals surface area contributed by atoms with Gasteiger partial charge in [-0.05, 0) is 19.4 Å². The molecule has 0 bridgehead atoms. The molecule has 0 N–H and O–H groups in total. The van der Waals surface area contributed by atoms with Crippen LogP contribution in [0.5, 0.6) is 0 Å². The van der Waals surface area contributed by atoms with E-state index in [4.69, 9.17) is 4.74 Å². The van der Waals surface area contributed by atoms with Crippen LogP contribution >= 0.6 is 0 Å². The molecule has 0 radical (unpaired) electrons. The van der Waals surface area contributed by atoms with Crippen molar-refractivity contribution in [1.29, 1.82) is 0 Å². The van der Waals surface area contributed by atoms with Crippen LogP contribution in [0.15, 0.2) is 12.4 Å². The third kappa shape index (κ3) is 1.24. The molecule has 0 spiro atoms. The molecule has 0 unspecified atom stereocenters. The first-order valence-corrected chi connectivity index (χ1v) is 3.71.